The van der Waals surface area contributed by atoms with E-state index in [0.717, 1.165) is 27.2 Å². The summed E-state index contributed by atoms with van der Waals surface area (Å²) < 4.78 is 5.26. The number of nitrogens with one attached hydrogen (secondary N) is 2. The van der Waals surface area contributed by atoms with E-state index in [2.05, 4.69) is 10.6 Å². The Balaban J connectivity index is 2.64. The average molecular weight is 536 g/mol. The smallest absolute Gasteiger partial charge is 0.408 e. The summed E-state index contributed by atoms with van der Waals surface area (Å²) in [7, 11) is 0. The Morgan fingerprint density at radius 1 is 0.974 bits per heavy atom. The number of primary amides is 1. The van der Waals surface area contributed by atoms with E-state index in [9.17, 15) is 24.4 Å². The highest BCUT2D eigenvalue weighted by Gasteiger charge is 2.38. The molecule has 2 aromatic rings. The number of benzene rings is 2. The third kappa shape index (κ3) is 8.30. The molecule has 4 N–H and O–H groups in total. The highest BCUT2D eigenvalue weighted by atomic mass is 16.6. The second-order valence-corrected chi connectivity index (χ2v) is 10.5. The number of para-hydroxylation sites is 1. The van der Waals surface area contributed by atoms with Gasteiger partial charge in [-0.1, -0.05) is 36.4 Å². The molecule has 10 heteroatoms. The van der Waals surface area contributed by atoms with Crippen molar-refractivity contribution >= 4 is 29.5 Å². The summed E-state index contributed by atoms with van der Waals surface area (Å²) >= 11 is 0. The molecule has 0 aliphatic heterocycles. The number of rotatable bonds is 9. The van der Waals surface area contributed by atoms with E-state index < -0.39 is 54.5 Å². The molecule has 0 spiro atoms. The molecule has 0 bridgehead atoms. The number of nitrogens with zero attached hydrogens (tertiary/aromatic N) is 2. The summed E-state index contributed by atoms with van der Waals surface area (Å²) in [4.78, 5) is 53.4. The summed E-state index contributed by atoms with van der Waals surface area (Å²) in [5.41, 5.74) is 8.72. The zero-order chi connectivity index (χ0) is 29.5. The van der Waals surface area contributed by atoms with E-state index in [4.69, 9.17) is 10.5 Å². The van der Waals surface area contributed by atoms with Gasteiger partial charge in [0, 0.05) is 5.69 Å². The van der Waals surface area contributed by atoms with Gasteiger partial charge in [-0.3, -0.25) is 14.4 Å². The van der Waals surface area contributed by atoms with Crippen molar-refractivity contribution in [2.24, 2.45) is 5.73 Å². The number of anilines is 1. The van der Waals surface area contributed by atoms with Gasteiger partial charge in [0.25, 0.3) is 5.91 Å². The van der Waals surface area contributed by atoms with Crippen LogP contribution in [-0.4, -0.2) is 46.9 Å². The summed E-state index contributed by atoms with van der Waals surface area (Å²) in [5, 5.41) is 15.0. The SMILES string of the molecule is Cc1cccc(C)c1NC(=O)C(c1c(C)cccc1C)N(CC#N)C(=O)C(CC(N)=O)NC(=O)OC(C)(C)C. The zero-order valence-corrected chi connectivity index (χ0v) is 23.5. The van der Waals surface area contributed by atoms with Gasteiger partial charge >= 0.3 is 6.09 Å². The normalized spacial score (nSPS) is 12.5. The maximum atomic E-state index is 14.0. The van der Waals surface area contributed by atoms with Crippen LogP contribution in [0.15, 0.2) is 36.4 Å². The quantitative estimate of drug-likeness (QED) is 0.416. The first-order chi connectivity index (χ1) is 18.2. The molecule has 0 saturated heterocycles. The molecule has 0 aliphatic carbocycles. The molecule has 0 aromatic heterocycles. The molecule has 208 valence electrons. The number of carbonyl (C=O) groups is 4. The van der Waals surface area contributed by atoms with Gasteiger partial charge in [0.05, 0.1) is 12.5 Å². The Labute approximate surface area is 229 Å². The van der Waals surface area contributed by atoms with Crippen molar-refractivity contribution < 1.29 is 23.9 Å². The van der Waals surface area contributed by atoms with Crippen LogP contribution in [0.2, 0.25) is 0 Å². The van der Waals surface area contributed by atoms with Crippen molar-refractivity contribution in [3.63, 3.8) is 0 Å². The van der Waals surface area contributed by atoms with Crippen LogP contribution in [0.25, 0.3) is 0 Å². The minimum absolute atomic E-state index is 0.497. The Morgan fingerprint density at radius 3 is 1.95 bits per heavy atom. The molecule has 0 fully saturated rings. The first-order valence-corrected chi connectivity index (χ1v) is 12.5. The molecule has 4 amide bonds. The number of nitrogens with two attached hydrogens (primary N) is 1. The minimum atomic E-state index is -1.47. The van der Waals surface area contributed by atoms with Crippen LogP contribution >= 0.6 is 0 Å². The standard InChI is InChI=1S/C29H37N5O5/c1-17-10-8-11-18(2)23(17)25(26(36)33-24-19(3)12-9-13-20(24)4)34(15-14-30)27(37)21(16-22(31)35)32-28(38)39-29(5,6)7/h8-13,21,25H,15-16H2,1-7H3,(H2,31,35)(H,32,38)(H,33,36). The molecule has 0 heterocycles. The number of nitriles is 1. The molecule has 10 nitrogen and oxygen atoms in total. The molecule has 0 aliphatic rings. The summed E-state index contributed by atoms with van der Waals surface area (Å²) in [6.07, 6.45) is -1.50. The summed E-state index contributed by atoms with van der Waals surface area (Å²) in [5.74, 6) is -2.24. The predicted octanol–water partition coefficient (Wildman–Crippen LogP) is 3.72. The van der Waals surface area contributed by atoms with Crippen molar-refractivity contribution in [2.75, 3.05) is 11.9 Å². The van der Waals surface area contributed by atoms with Gasteiger partial charge in [-0.05, 0) is 76.3 Å². The van der Waals surface area contributed by atoms with Crippen molar-refractivity contribution in [3.05, 3.63) is 64.2 Å². The second-order valence-electron chi connectivity index (χ2n) is 10.5. The fourth-order valence-electron chi connectivity index (χ4n) is 4.31. The minimum Gasteiger partial charge on any atom is -0.444 e. The third-order valence-corrected chi connectivity index (χ3v) is 6.02. The molecule has 0 saturated carbocycles. The molecular formula is C29H37N5O5. The molecule has 2 unspecified atom stereocenters. The van der Waals surface area contributed by atoms with Gasteiger partial charge in [0.15, 0.2) is 0 Å². The third-order valence-electron chi connectivity index (χ3n) is 6.02. The molecule has 2 rings (SSSR count). The molecule has 39 heavy (non-hydrogen) atoms. The summed E-state index contributed by atoms with van der Waals surface area (Å²) in [6, 6.07) is 10.2. The number of hydrogen-bond donors (Lipinski definition) is 3. The highest BCUT2D eigenvalue weighted by molar-refractivity contribution is 6.01. The van der Waals surface area contributed by atoms with Crippen LogP contribution in [0.3, 0.4) is 0 Å². The number of alkyl carbamates (subject to hydrolysis) is 1. The van der Waals surface area contributed by atoms with Crippen LogP contribution in [0, 0.1) is 39.0 Å². The van der Waals surface area contributed by atoms with Gasteiger partial charge in [-0.15, -0.1) is 0 Å². The van der Waals surface area contributed by atoms with Crippen LogP contribution in [0.4, 0.5) is 10.5 Å². The van der Waals surface area contributed by atoms with Gasteiger partial charge in [-0.25, -0.2) is 4.79 Å². The second kappa shape index (κ2) is 12.9. The molecular weight excluding hydrogens is 498 g/mol. The largest absolute Gasteiger partial charge is 0.444 e. The Hall–Kier alpha value is -4.39. The molecule has 0 radical (unpaired) electrons. The Morgan fingerprint density at radius 2 is 1.49 bits per heavy atom. The van der Waals surface area contributed by atoms with E-state index in [1.54, 1.807) is 46.8 Å². The molecule has 2 aromatic carbocycles. The van der Waals surface area contributed by atoms with Gasteiger partial charge in [0.1, 0.15) is 24.2 Å². The van der Waals surface area contributed by atoms with Crippen molar-refractivity contribution in [1.82, 2.24) is 10.2 Å². The van der Waals surface area contributed by atoms with E-state index in [1.807, 2.05) is 44.2 Å². The molecule has 2 atom stereocenters. The fourth-order valence-corrected chi connectivity index (χ4v) is 4.31. The van der Waals surface area contributed by atoms with Crippen LogP contribution in [0.1, 0.15) is 61.1 Å². The first kappa shape index (κ1) is 30.8. The topological polar surface area (TPSA) is 155 Å². The number of hydrogen-bond acceptors (Lipinski definition) is 6. The van der Waals surface area contributed by atoms with Crippen LogP contribution in [-0.2, 0) is 19.1 Å². The van der Waals surface area contributed by atoms with Crippen LogP contribution < -0.4 is 16.4 Å². The average Bonchev–Trinajstić information content (AvgIpc) is 2.80. The van der Waals surface area contributed by atoms with Gasteiger partial charge < -0.3 is 26.0 Å². The lowest BCUT2D eigenvalue weighted by atomic mass is 9.93. The number of aryl methyl sites for hydroxylation is 4. The monoisotopic (exact) mass is 535 g/mol. The lowest BCUT2D eigenvalue weighted by Crippen LogP contribution is -2.53. The lowest BCUT2D eigenvalue weighted by molar-refractivity contribution is -0.141. The van der Waals surface area contributed by atoms with E-state index in [1.165, 1.54) is 0 Å². The van der Waals surface area contributed by atoms with Crippen molar-refractivity contribution in [1.29, 1.82) is 5.26 Å². The maximum absolute atomic E-state index is 14.0. The predicted molar refractivity (Wildman–Crippen MR) is 147 cm³/mol. The lowest BCUT2D eigenvalue weighted by Gasteiger charge is -2.34. The van der Waals surface area contributed by atoms with Gasteiger partial charge in [-0.2, -0.15) is 5.26 Å². The highest BCUT2D eigenvalue weighted by Crippen LogP contribution is 2.31. The van der Waals surface area contributed by atoms with Crippen molar-refractivity contribution in [2.45, 2.75) is 72.6 Å². The van der Waals surface area contributed by atoms with E-state index >= 15 is 0 Å². The van der Waals surface area contributed by atoms with Gasteiger partial charge in [0.2, 0.25) is 11.8 Å². The Kier molecular flexibility index (Phi) is 10.2. The number of carbonyl (C=O) groups excluding carboxylic acids is 4. The zero-order valence-electron chi connectivity index (χ0n) is 23.5. The van der Waals surface area contributed by atoms with E-state index in [-0.39, 0.29) is 0 Å². The fraction of sp³-hybridized carbons (Fsp3) is 0.414. The maximum Gasteiger partial charge on any atom is 0.408 e. The van der Waals surface area contributed by atoms with E-state index in [0.29, 0.717) is 11.3 Å². The first-order valence-electron chi connectivity index (χ1n) is 12.5. The summed E-state index contributed by atoms with van der Waals surface area (Å²) in [6.45, 7) is 11.7. The number of amides is 4. The van der Waals surface area contributed by atoms with Crippen molar-refractivity contribution in [3.8, 4) is 6.07 Å². The van der Waals surface area contributed by atoms with Crippen LogP contribution in [0.5, 0.6) is 0 Å². The Bertz CT molecular complexity index is 1250. The number of ether oxygens (including phenoxy) is 1.